The van der Waals surface area contributed by atoms with E-state index in [0.717, 1.165) is 0 Å². The summed E-state index contributed by atoms with van der Waals surface area (Å²) < 4.78 is 31.3. The van der Waals surface area contributed by atoms with E-state index in [2.05, 4.69) is 25.6 Å². The second kappa shape index (κ2) is 8.42. The Kier molecular flexibility index (Phi) is 6.01. The minimum absolute atomic E-state index is 0.0425. The smallest absolute Gasteiger partial charge is 0.409 e. The molecule has 0 bridgehead atoms. The third kappa shape index (κ3) is 4.69. The van der Waals surface area contributed by atoms with Crippen molar-refractivity contribution in [3.8, 4) is 16.9 Å². The number of pyridine rings is 1. The predicted octanol–water partition coefficient (Wildman–Crippen LogP) is -2.15. The summed E-state index contributed by atoms with van der Waals surface area (Å²) in [6.45, 7) is 2.55. The molecular weight excluding hydrogens is 474 g/mol. The van der Waals surface area contributed by atoms with Crippen molar-refractivity contribution in [1.82, 2.24) is 29.1 Å². The number of ether oxygens (including phenoxy) is 1. The van der Waals surface area contributed by atoms with E-state index in [1.165, 1.54) is 39.7 Å². The van der Waals surface area contributed by atoms with E-state index in [9.17, 15) is 34.0 Å². The molecule has 0 amide bonds. The maximum Gasteiger partial charge on any atom is 0.409 e. The summed E-state index contributed by atoms with van der Waals surface area (Å²) in [6.07, 6.45) is 6.07. The van der Waals surface area contributed by atoms with Gasteiger partial charge in [0, 0.05) is 42.7 Å². The molecule has 3 aromatic heterocycles. The molecule has 2 atom stereocenters. The topological polar surface area (TPSA) is 219 Å². The van der Waals surface area contributed by atoms with E-state index >= 15 is 0 Å². The van der Waals surface area contributed by atoms with Crippen molar-refractivity contribution in [3.05, 3.63) is 24.7 Å². The predicted molar refractivity (Wildman–Crippen MR) is 115 cm³/mol. The molecule has 16 heteroatoms. The molecule has 0 aromatic carbocycles. The third-order valence-electron chi connectivity index (χ3n) is 5.60. The lowest BCUT2D eigenvalue weighted by atomic mass is 9.95. The van der Waals surface area contributed by atoms with Gasteiger partial charge in [0.05, 0.1) is 12.5 Å². The van der Waals surface area contributed by atoms with Gasteiger partial charge in [0.2, 0.25) is 21.6 Å². The fourth-order valence-corrected chi connectivity index (χ4v) is 4.65. The number of aromatic amines is 1. The number of piperidine rings is 1. The van der Waals surface area contributed by atoms with Crippen LogP contribution in [0.1, 0.15) is 13.3 Å². The molecule has 0 aliphatic carbocycles. The second-order valence-corrected chi connectivity index (χ2v) is 10.2. The average molecular weight is 500 g/mol. The van der Waals surface area contributed by atoms with E-state index in [-0.39, 0.29) is 34.9 Å². The fraction of sp³-hybridized carbons (Fsp3) is 0.500. The first kappa shape index (κ1) is 24.3. The number of fused-ring (bicyclic) bond motifs is 1. The molecule has 2 unspecified atom stereocenters. The minimum Gasteiger partial charge on any atom is -0.429 e. The van der Waals surface area contributed by atoms with Gasteiger partial charge in [0.1, 0.15) is 0 Å². The Hall–Kier alpha value is -2.86. The van der Waals surface area contributed by atoms with Crippen molar-refractivity contribution in [3.63, 3.8) is 0 Å². The third-order valence-corrected chi connectivity index (χ3v) is 6.87. The van der Waals surface area contributed by atoms with Gasteiger partial charge in [-0.15, -0.1) is 5.10 Å². The van der Waals surface area contributed by atoms with Gasteiger partial charge in [0.25, 0.3) is 0 Å². The van der Waals surface area contributed by atoms with Gasteiger partial charge < -0.3 is 35.6 Å². The van der Waals surface area contributed by atoms with E-state index < -0.39 is 22.0 Å². The fourth-order valence-electron chi connectivity index (χ4n) is 3.71. The van der Waals surface area contributed by atoms with Gasteiger partial charge in [-0.2, -0.15) is 10.1 Å². The molecular formula is C18H25N7O8S. The maximum atomic E-state index is 11.8. The van der Waals surface area contributed by atoms with Crippen molar-refractivity contribution < 1.29 is 38.7 Å². The van der Waals surface area contributed by atoms with E-state index in [1.54, 1.807) is 0 Å². The van der Waals surface area contributed by atoms with E-state index in [0.29, 0.717) is 25.1 Å². The highest BCUT2D eigenvalue weighted by Crippen LogP contribution is 2.36. The largest absolute Gasteiger partial charge is 0.429 e. The number of aliphatic hydroxyl groups is 5. The van der Waals surface area contributed by atoms with Crippen LogP contribution < -0.4 is 10.1 Å². The molecule has 0 saturated carbocycles. The summed E-state index contributed by atoms with van der Waals surface area (Å²) in [7, 11) is -3.30. The van der Waals surface area contributed by atoms with Gasteiger partial charge in [-0.3, -0.25) is 5.10 Å². The Morgan fingerprint density at radius 2 is 2.00 bits per heavy atom. The Labute approximate surface area is 193 Å². The molecule has 1 fully saturated rings. The molecule has 3 aromatic rings. The highest BCUT2D eigenvalue weighted by Gasteiger charge is 2.51. The van der Waals surface area contributed by atoms with Gasteiger partial charge in [-0.1, -0.05) is 6.92 Å². The molecule has 4 heterocycles. The van der Waals surface area contributed by atoms with Crippen LogP contribution in [-0.2, 0) is 10.0 Å². The Balaban J connectivity index is 1.68. The number of rotatable bonds is 7. The van der Waals surface area contributed by atoms with Gasteiger partial charge in [-0.05, 0) is 18.4 Å². The van der Waals surface area contributed by atoms with E-state index in [4.69, 9.17) is 4.74 Å². The zero-order valence-corrected chi connectivity index (χ0v) is 19.0. The average Bonchev–Trinajstić information content (AvgIpc) is 3.37. The maximum absolute atomic E-state index is 11.8. The lowest BCUT2D eigenvalue weighted by Crippen LogP contribution is -2.58. The highest BCUT2D eigenvalue weighted by molar-refractivity contribution is 7.88. The van der Waals surface area contributed by atoms with Gasteiger partial charge >= 0.3 is 11.9 Å². The SMILES string of the molecule is CC1CN(S(C)(=O)=O)CCC1Nc1nc2c(OC(O)(O)C(O)(O)O)c(-c3cn[nH]c3)ccn2n1. The van der Waals surface area contributed by atoms with Crippen LogP contribution in [0.3, 0.4) is 0 Å². The number of nitrogens with one attached hydrogen (secondary N) is 2. The van der Waals surface area contributed by atoms with Crippen molar-refractivity contribution in [2.45, 2.75) is 31.3 Å². The standard InChI is InChI=1S/C18H25N7O8S/c1-10-9-24(34(2,31)32)5-4-13(10)21-16-22-15-14(33-18(29,30)17(26,27)28)12(3-6-25(15)23-16)11-7-19-20-8-11/h3,6-8,10,13,26-30H,4-5,9H2,1-2H3,(H,19,20)(H,21,23). The van der Waals surface area contributed by atoms with Crippen LogP contribution in [0.2, 0.25) is 0 Å². The number of hydrogen-bond acceptors (Lipinski definition) is 12. The van der Waals surface area contributed by atoms with E-state index in [1.807, 2.05) is 6.92 Å². The zero-order chi connectivity index (χ0) is 24.9. The first-order chi connectivity index (χ1) is 15.8. The summed E-state index contributed by atoms with van der Waals surface area (Å²) in [4.78, 5) is 4.33. The molecule has 15 nitrogen and oxygen atoms in total. The Morgan fingerprint density at radius 3 is 2.59 bits per heavy atom. The van der Waals surface area contributed by atoms with Crippen molar-refractivity contribution >= 4 is 21.6 Å². The summed E-state index contributed by atoms with van der Waals surface area (Å²) >= 11 is 0. The molecule has 7 N–H and O–H groups in total. The molecule has 1 aliphatic heterocycles. The lowest BCUT2D eigenvalue weighted by molar-refractivity contribution is -0.501. The zero-order valence-electron chi connectivity index (χ0n) is 18.2. The van der Waals surface area contributed by atoms with Crippen LogP contribution in [0.15, 0.2) is 24.7 Å². The number of nitrogens with zero attached hydrogens (tertiary/aromatic N) is 5. The van der Waals surface area contributed by atoms with Crippen LogP contribution in [-0.4, -0.2) is 100 Å². The van der Waals surface area contributed by atoms with Crippen molar-refractivity contribution in [1.29, 1.82) is 0 Å². The highest BCUT2D eigenvalue weighted by atomic mass is 32.2. The quantitative estimate of drug-likeness (QED) is 0.173. The van der Waals surface area contributed by atoms with Gasteiger partial charge in [-0.25, -0.2) is 17.2 Å². The molecule has 4 rings (SSSR count). The Bertz CT molecular complexity index is 1270. The first-order valence-corrected chi connectivity index (χ1v) is 12.0. The summed E-state index contributed by atoms with van der Waals surface area (Å²) in [5.41, 5.74) is 0.623. The van der Waals surface area contributed by atoms with Crippen molar-refractivity contribution in [2.24, 2.45) is 5.92 Å². The van der Waals surface area contributed by atoms with Crippen LogP contribution in [0.25, 0.3) is 16.8 Å². The molecule has 0 radical (unpaired) electrons. The minimum atomic E-state index is -4.02. The van der Waals surface area contributed by atoms with Gasteiger partial charge in [0.15, 0.2) is 5.75 Å². The van der Waals surface area contributed by atoms with Crippen LogP contribution in [0.5, 0.6) is 5.75 Å². The number of hydrogen-bond donors (Lipinski definition) is 7. The lowest BCUT2D eigenvalue weighted by Gasteiger charge is -2.35. The molecule has 1 aliphatic rings. The molecule has 1 saturated heterocycles. The molecule has 186 valence electrons. The number of H-pyrrole nitrogens is 1. The van der Waals surface area contributed by atoms with Crippen LogP contribution in [0.4, 0.5) is 5.95 Å². The number of anilines is 1. The monoisotopic (exact) mass is 499 g/mol. The number of aromatic nitrogens is 5. The molecule has 34 heavy (non-hydrogen) atoms. The normalized spacial score (nSPS) is 20.6. The summed E-state index contributed by atoms with van der Waals surface area (Å²) in [5, 5.41) is 61.6. The summed E-state index contributed by atoms with van der Waals surface area (Å²) in [5.74, 6) is -8.09. The molecule has 0 spiro atoms. The van der Waals surface area contributed by atoms with Crippen LogP contribution in [0, 0.1) is 5.92 Å². The first-order valence-electron chi connectivity index (χ1n) is 10.2. The second-order valence-electron chi connectivity index (χ2n) is 8.23. The summed E-state index contributed by atoms with van der Waals surface area (Å²) in [6, 6.07) is 1.34. The van der Waals surface area contributed by atoms with Crippen LogP contribution >= 0.6 is 0 Å². The Morgan fingerprint density at radius 1 is 1.26 bits per heavy atom. The van der Waals surface area contributed by atoms with Crippen molar-refractivity contribution in [2.75, 3.05) is 24.7 Å². The number of sulfonamides is 1.